The third-order valence-electron chi connectivity index (χ3n) is 4.84. The van der Waals surface area contributed by atoms with Crippen molar-refractivity contribution >= 4 is 5.82 Å². The van der Waals surface area contributed by atoms with E-state index in [4.69, 9.17) is 15.2 Å². The number of halogens is 2. The Balaban J connectivity index is 1.50. The number of rotatable bonds is 5. The van der Waals surface area contributed by atoms with Crippen LogP contribution in [0.15, 0.2) is 42.9 Å². The van der Waals surface area contributed by atoms with Gasteiger partial charge in [-0.1, -0.05) is 6.07 Å². The lowest BCUT2D eigenvalue weighted by atomic mass is 10.1. The summed E-state index contributed by atoms with van der Waals surface area (Å²) < 4.78 is 41.5. The predicted molar refractivity (Wildman–Crippen MR) is 104 cm³/mol. The second kappa shape index (κ2) is 7.81. The van der Waals surface area contributed by atoms with E-state index in [1.165, 1.54) is 12.1 Å². The first kappa shape index (κ1) is 19.2. The summed E-state index contributed by atoms with van der Waals surface area (Å²) in [5.74, 6) is -1.82. The van der Waals surface area contributed by atoms with Gasteiger partial charge in [-0.05, 0) is 28.6 Å². The predicted octanol–water partition coefficient (Wildman–Crippen LogP) is 1.82. The zero-order chi connectivity index (χ0) is 21.4. The first-order valence-corrected chi connectivity index (χ1v) is 9.31. The maximum atomic E-state index is 14.3. The van der Waals surface area contributed by atoms with Gasteiger partial charge in [0, 0.05) is 23.5 Å². The third-order valence-corrected chi connectivity index (χ3v) is 4.84. The van der Waals surface area contributed by atoms with Gasteiger partial charge in [-0.25, -0.2) is 13.8 Å². The topological polar surface area (TPSA) is 119 Å². The van der Waals surface area contributed by atoms with Gasteiger partial charge in [0.25, 0.3) is 0 Å². The van der Waals surface area contributed by atoms with Crippen LogP contribution in [-0.4, -0.2) is 54.5 Å². The normalized spacial score (nSPS) is 16.1. The molecule has 1 atom stereocenters. The Labute approximate surface area is 174 Å². The standard InChI is InChI=1S/C19H16F2N8O2/c20-15-2-1-3-16(17(15)21)29-19(25-26-27-29)14-4-11(5-23-18(14)22)12-6-24-28(7-12)8-13-9-30-10-31-13/h1-7,13H,8-10H2,(H2,22,23). The monoisotopic (exact) mass is 426 g/mol. The molecule has 2 N–H and O–H groups in total. The van der Waals surface area contributed by atoms with Crippen LogP contribution < -0.4 is 5.73 Å². The van der Waals surface area contributed by atoms with Crippen LogP contribution in [0.5, 0.6) is 0 Å². The van der Waals surface area contributed by atoms with E-state index in [1.807, 2.05) is 6.20 Å². The molecule has 0 aliphatic carbocycles. The fourth-order valence-corrected chi connectivity index (χ4v) is 3.28. The molecule has 1 aromatic carbocycles. The van der Waals surface area contributed by atoms with E-state index in [-0.39, 0.29) is 30.2 Å². The SMILES string of the molecule is Nc1ncc(-c2cnn(CC3COCO3)c2)cc1-c1nnnn1-c1cccc(F)c1F. The zero-order valence-electron chi connectivity index (χ0n) is 16.0. The van der Waals surface area contributed by atoms with Gasteiger partial charge in [0.1, 0.15) is 24.4 Å². The Hall–Kier alpha value is -3.77. The Morgan fingerprint density at radius 3 is 2.94 bits per heavy atom. The molecule has 0 radical (unpaired) electrons. The average Bonchev–Trinajstić information content (AvgIpc) is 3.53. The number of benzene rings is 1. The number of nitrogens with two attached hydrogens (primary N) is 1. The summed E-state index contributed by atoms with van der Waals surface area (Å²) in [4.78, 5) is 4.22. The highest BCUT2D eigenvalue weighted by atomic mass is 19.2. The van der Waals surface area contributed by atoms with Crippen LogP contribution in [0.1, 0.15) is 0 Å². The lowest BCUT2D eigenvalue weighted by Gasteiger charge is -2.09. The van der Waals surface area contributed by atoms with Gasteiger partial charge >= 0.3 is 0 Å². The fourth-order valence-electron chi connectivity index (χ4n) is 3.28. The van der Waals surface area contributed by atoms with Crippen molar-refractivity contribution in [2.75, 3.05) is 19.1 Å². The molecule has 1 aliphatic heterocycles. The summed E-state index contributed by atoms with van der Waals surface area (Å²) in [5, 5.41) is 15.7. The number of anilines is 1. The molecule has 0 amide bonds. The Morgan fingerprint density at radius 1 is 1.19 bits per heavy atom. The van der Waals surface area contributed by atoms with E-state index in [2.05, 4.69) is 25.6 Å². The molecular formula is C19H16F2N8O2. The largest absolute Gasteiger partial charge is 0.383 e. The number of nitrogens with zero attached hydrogens (tertiary/aromatic N) is 7. The molecule has 0 bridgehead atoms. The summed E-state index contributed by atoms with van der Waals surface area (Å²) in [7, 11) is 0. The molecular weight excluding hydrogens is 410 g/mol. The van der Waals surface area contributed by atoms with Crippen LogP contribution in [0.2, 0.25) is 0 Å². The molecule has 1 aliphatic rings. The summed E-state index contributed by atoms with van der Waals surface area (Å²) >= 11 is 0. The molecule has 158 valence electrons. The van der Waals surface area contributed by atoms with Crippen LogP contribution in [0, 0.1) is 11.6 Å². The number of nitrogen functional groups attached to an aromatic ring is 1. The highest BCUT2D eigenvalue weighted by Crippen LogP contribution is 2.30. The molecule has 4 heterocycles. The van der Waals surface area contributed by atoms with Crippen molar-refractivity contribution in [3.05, 3.63) is 54.5 Å². The highest BCUT2D eigenvalue weighted by Gasteiger charge is 2.20. The number of tetrazole rings is 1. The van der Waals surface area contributed by atoms with Crippen LogP contribution in [-0.2, 0) is 16.0 Å². The quantitative estimate of drug-likeness (QED) is 0.513. The van der Waals surface area contributed by atoms with Crippen molar-refractivity contribution < 1.29 is 18.3 Å². The number of aromatic nitrogens is 7. The number of pyridine rings is 1. The van der Waals surface area contributed by atoms with E-state index < -0.39 is 11.6 Å². The molecule has 5 rings (SSSR count). The van der Waals surface area contributed by atoms with Crippen molar-refractivity contribution in [3.8, 4) is 28.2 Å². The average molecular weight is 426 g/mol. The van der Waals surface area contributed by atoms with Gasteiger partial charge in [0.05, 0.1) is 24.9 Å². The Morgan fingerprint density at radius 2 is 2.10 bits per heavy atom. The first-order valence-electron chi connectivity index (χ1n) is 9.31. The molecule has 1 saturated heterocycles. The van der Waals surface area contributed by atoms with Crippen LogP contribution >= 0.6 is 0 Å². The highest BCUT2D eigenvalue weighted by molar-refractivity contribution is 5.76. The van der Waals surface area contributed by atoms with Gasteiger partial charge < -0.3 is 15.2 Å². The van der Waals surface area contributed by atoms with Crippen molar-refractivity contribution in [3.63, 3.8) is 0 Å². The minimum absolute atomic E-state index is 0.0568. The molecule has 1 unspecified atom stereocenters. The van der Waals surface area contributed by atoms with Crippen molar-refractivity contribution in [2.45, 2.75) is 12.6 Å². The lowest BCUT2D eigenvalue weighted by molar-refractivity contribution is 0.0413. The maximum absolute atomic E-state index is 14.3. The van der Waals surface area contributed by atoms with E-state index in [1.54, 1.807) is 23.1 Å². The van der Waals surface area contributed by atoms with Crippen LogP contribution in [0.25, 0.3) is 28.2 Å². The second-order valence-electron chi connectivity index (χ2n) is 6.87. The number of hydrogen-bond donors (Lipinski definition) is 1. The molecule has 1 fully saturated rings. The van der Waals surface area contributed by atoms with Gasteiger partial charge in [-0.15, -0.1) is 5.10 Å². The molecule has 10 nitrogen and oxygen atoms in total. The lowest BCUT2D eigenvalue weighted by Crippen LogP contribution is -2.18. The summed E-state index contributed by atoms with van der Waals surface area (Å²) in [6.07, 6.45) is 5.06. The molecule has 3 aromatic heterocycles. The summed E-state index contributed by atoms with van der Waals surface area (Å²) in [6, 6.07) is 5.47. The molecule has 31 heavy (non-hydrogen) atoms. The van der Waals surface area contributed by atoms with Gasteiger partial charge in [-0.2, -0.15) is 9.78 Å². The minimum atomic E-state index is -1.07. The first-order chi connectivity index (χ1) is 15.1. The third kappa shape index (κ3) is 3.62. The van der Waals surface area contributed by atoms with Crippen molar-refractivity contribution in [2.24, 2.45) is 0 Å². The zero-order valence-corrected chi connectivity index (χ0v) is 16.0. The molecule has 4 aromatic rings. The van der Waals surface area contributed by atoms with E-state index >= 15 is 0 Å². The van der Waals surface area contributed by atoms with Gasteiger partial charge in [-0.3, -0.25) is 4.68 Å². The smallest absolute Gasteiger partial charge is 0.190 e. The van der Waals surface area contributed by atoms with E-state index in [9.17, 15) is 8.78 Å². The Bertz CT molecular complexity index is 1240. The Kier molecular flexibility index (Phi) is 4.84. The maximum Gasteiger partial charge on any atom is 0.190 e. The van der Waals surface area contributed by atoms with Crippen LogP contribution in [0.3, 0.4) is 0 Å². The van der Waals surface area contributed by atoms with Gasteiger partial charge in [0.2, 0.25) is 0 Å². The number of hydrogen-bond acceptors (Lipinski definition) is 8. The molecule has 0 saturated carbocycles. The van der Waals surface area contributed by atoms with Crippen LogP contribution in [0.4, 0.5) is 14.6 Å². The van der Waals surface area contributed by atoms with E-state index in [0.29, 0.717) is 24.3 Å². The van der Waals surface area contributed by atoms with Gasteiger partial charge in [0.15, 0.2) is 17.5 Å². The van der Waals surface area contributed by atoms with Crippen molar-refractivity contribution in [1.29, 1.82) is 0 Å². The van der Waals surface area contributed by atoms with E-state index in [0.717, 1.165) is 16.3 Å². The number of ether oxygens (including phenoxy) is 2. The molecule has 12 heteroatoms. The summed E-state index contributed by atoms with van der Waals surface area (Å²) in [5.41, 5.74) is 7.76. The fraction of sp³-hybridized carbons (Fsp3) is 0.211. The second-order valence-corrected chi connectivity index (χ2v) is 6.87. The summed E-state index contributed by atoms with van der Waals surface area (Å²) in [6.45, 7) is 1.35. The minimum Gasteiger partial charge on any atom is -0.383 e. The molecule has 0 spiro atoms. The van der Waals surface area contributed by atoms with Crippen molar-refractivity contribution in [1.82, 2.24) is 35.0 Å².